The zero-order valence-corrected chi connectivity index (χ0v) is 13.5. The molecule has 3 rings (SSSR count). The van der Waals surface area contributed by atoms with Crippen molar-refractivity contribution < 1.29 is 19.1 Å². The molecule has 0 aromatic rings. The highest BCUT2D eigenvalue weighted by atomic mass is 16.5. The van der Waals surface area contributed by atoms with Crippen molar-refractivity contribution in [1.82, 2.24) is 14.7 Å². The summed E-state index contributed by atoms with van der Waals surface area (Å²) >= 11 is 0. The summed E-state index contributed by atoms with van der Waals surface area (Å²) in [6.45, 7) is 6.76. The molecule has 0 radical (unpaired) electrons. The first-order chi connectivity index (χ1) is 10.2. The summed E-state index contributed by atoms with van der Waals surface area (Å²) in [5, 5.41) is 0. The number of imide groups is 1. The molecule has 122 valence electrons. The number of hydrogen-bond donors (Lipinski definition) is 0. The normalized spacial score (nSPS) is 32.5. The maximum absolute atomic E-state index is 12.6. The average Bonchev–Trinajstić information content (AvgIpc) is 3.06. The van der Waals surface area contributed by atoms with E-state index in [1.807, 2.05) is 20.8 Å². The van der Waals surface area contributed by atoms with E-state index in [-0.39, 0.29) is 42.0 Å². The summed E-state index contributed by atoms with van der Waals surface area (Å²) in [5.74, 6) is -0.182. The Morgan fingerprint density at radius 1 is 1.14 bits per heavy atom. The van der Waals surface area contributed by atoms with Crippen LogP contribution in [0.15, 0.2) is 0 Å². The van der Waals surface area contributed by atoms with Gasteiger partial charge in [0.15, 0.2) is 0 Å². The first kappa shape index (κ1) is 15.3. The summed E-state index contributed by atoms with van der Waals surface area (Å²) in [6.07, 6.45) is 0.695. The molecule has 0 unspecified atom stereocenters. The Balaban J connectivity index is 1.76. The Kier molecular flexibility index (Phi) is 3.43. The minimum atomic E-state index is -0.420. The van der Waals surface area contributed by atoms with Crippen LogP contribution in [0.1, 0.15) is 33.6 Å². The molecule has 0 aliphatic carbocycles. The summed E-state index contributed by atoms with van der Waals surface area (Å²) in [6, 6.07) is -1.04. The van der Waals surface area contributed by atoms with E-state index < -0.39 is 6.04 Å². The second-order valence-corrected chi connectivity index (χ2v) is 7.29. The fraction of sp³-hybridized carbons (Fsp3) is 0.800. The smallest absolute Gasteiger partial charge is 0.327 e. The van der Waals surface area contributed by atoms with Crippen LogP contribution in [-0.2, 0) is 14.3 Å². The molecule has 3 aliphatic rings. The van der Waals surface area contributed by atoms with E-state index in [9.17, 15) is 14.4 Å². The van der Waals surface area contributed by atoms with E-state index in [1.54, 1.807) is 16.9 Å². The lowest BCUT2D eigenvalue weighted by Gasteiger charge is -2.32. The van der Waals surface area contributed by atoms with Gasteiger partial charge in [0.1, 0.15) is 6.04 Å². The Morgan fingerprint density at radius 2 is 1.82 bits per heavy atom. The predicted octanol–water partition coefficient (Wildman–Crippen LogP) is 0.437. The number of amides is 4. The van der Waals surface area contributed by atoms with Crippen molar-refractivity contribution in [2.45, 2.75) is 57.3 Å². The molecule has 0 aromatic heterocycles. The van der Waals surface area contributed by atoms with Crippen molar-refractivity contribution in [3.63, 3.8) is 0 Å². The molecule has 0 N–H and O–H groups in total. The van der Waals surface area contributed by atoms with Crippen LogP contribution in [0.4, 0.5) is 4.79 Å². The molecule has 3 saturated heterocycles. The molecular weight excluding hydrogens is 286 g/mol. The highest BCUT2D eigenvalue weighted by Crippen LogP contribution is 2.33. The van der Waals surface area contributed by atoms with Gasteiger partial charge >= 0.3 is 6.03 Å². The summed E-state index contributed by atoms with van der Waals surface area (Å²) in [5.41, 5.74) is -0.297. The molecule has 3 heterocycles. The van der Waals surface area contributed by atoms with Crippen LogP contribution in [0.2, 0.25) is 0 Å². The minimum absolute atomic E-state index is 0.0000671. The van der Waals surface area contributed by atoms with Crippen molar-refractivity contribution in [3.05, 3.63) is 0 Å². The number of carbonyl (C=O) groups is 3. The minimum Gasteiger partial charge on any atom is -0.380 e. The molecule has 4 amide bonds. The largest absolute Gasteiger partial charge is 0.380 e. The van der Waals surface area contributed by atoms with Gasteiger partial charge in [0, 0.05) is 38.6 Å². The van der Waals surface area contributed by atoms with E-state index in [0.29, 0.717) is 19.5 Å². The van der Waals surface area contributed by atoms with Gasteiger partial charge in [-0.1, -0.05) is 0 Å². The molecule has 22 heavy (non-hydrogen) atoms. The van der Waals surface area contributed by atoms with Gasteiger partial charge in [-0.25, -0.2) is 4.79 Å². The molecule has 0 saturated carbocycles. The predicted molar refractivity (Wildman–Crippen MR) is 78.0 cm³/mol. The van der Waals surface area contributed by atoms with E-state index in [2.05, 4.69) is 0 Å². The van der Waals surface area contributed by atoms with E-state index in [0.717, 1.165) is 0 Å². The number of fused-ring (bicyclic) bond motifs is 1. The average molecular weight is 309 g/mol. The zero-order chi connectivity index (χ0) is 16.2. The quantitative estimate of drug-likeness (QED) is 0.694. The van der Waals surface area contributed by atoms with Crippen LogP contribution >= 0.6 is 0 Å². The molecular formula is C15H23N3O4. The van der Waals surface area contributed by atoms with Gasteiger partial charge in [0.25, 0.3) is 5.91 Å². The Morgan fingerprint density at radius 3 is 2.32 bits per heavy atom. The first-order valence-corrected chi connectivity index (χ1v) is 7.71. The van der Waals surface area contributed by atoms with Crippen molar-refractivity contribution in [1.29, 1.82) is 0 Å². The van der Waals surface area contributed by atoms with Crippen LogP contribution in [-0.4, -0.2) is 76.5 Å². The third kappa shape index (κ3) is 2.18. The first-order valence-electron chi connectivity index (χ1n) is 7.71. The standard InChI is InChI=1S/C15H23N3O4/c1-15(2,3)17-7-9(5-12(17)19)18-13(20)11-6-10(22-4)8-16(11)14(18)21/h9-11H,5-8H2,1-4H3/t9-,10+,11-/m0/s1. The molecule has 3 aliphatic heterocycles. The topological polar surface area (TPSA) is 70.2 Å². The van der Waals surface area contributed by atoms with Gasteiger partial charge in [-0.2, -0.15) is 0 Å². The molecule has 7 heteroatoms. The Labute approximate surface area is 130 Å². The number of ether oxygens (including phenoxy) is 1. The van der Waals surface area contributed by atoms with Crippen molar-refractivity contribution in [2.24, 2.45) is 0 Å². The summed E-state index contributed by atoms with van der Waals surface area (Å²) < 4.78 is 5.26. The van der Waals surface area contributed by atoms with Crippen LogP contribution in [0.25, 0.3) is 0 Å². The second kappa shape index (κ2) is 4.94. The molecule has 3 atom stereocenters. The number of rotatable bonds is 2. The number of hydrogen-bond acceptors (Lipinski definition) is 4. The molecule has 0 spiro atoms. The Bertz CT molecular complexity index is 503. The lowest BCUT2D eigenvalue weighted by Crippen LogP contribution is -2.47. The van der Waals surface area contributed by atoms with E-state index >= 15 is 0 Å². The van der Waals surface area contributed by atoms with E-state index in [4.69, 9.17) is 4.74 Å². The number of methoxy groups -OCH3 is 1. The fourth-order valence-corrected chi connectivity index (χ4v) is 3.65. The molecule has 0 bridgehead atoms. The van der Waals surface area contributed by atoms with Gasteiger partial charge in [0.2, 0.25) is 5.91 Å². The third-order valence-corrected chi connectivity index (χ3v) is 4.85. The van der Waals surface area contributed by atoms with Gasteiger partial charge in [-0.05, 0) is 20.8 Å². The monoisotopic (exact) mass is 309 g/mol. The zero-order valence-electron chi connectivity index (χ0n) is 13.5. The summed E-state index contributed by atoms with van der Waals surface area (Å²) in [7, 11) is 1.59. The number of nitrogens with zero attached hydrogens (tertiary/aromatic N) is 3. The van der Waals surface area contributed by atoms with Crippen LogP contribution in [0.5, 0.6) is 0 Å². The third-order valence-electron chi connectivity index (χ3n) is 4.85. The van der Waals surface area contributed by atoms with Crippen molar-refractivity contribution in [3.8, 4) is 0 Å². The second-order valence-electron chi connectivity index (χ2n) is 7.29. The molecule has 3 fully saturated rings. The SMILES string of the molecule is CO[C@@H]1C[C@H]2C(=O)N([C@H]3CC(=O)N(C(C)(C)C)C3)C(=O)N2C1. The fourth-order valence-electron chi connectivity index (χ4n) is 3.65. The molecule has 7 nitrogen and oxygen atoms in total. The highest BCUT2D eigenvalue weighted by molar-refractivity contribution is 6.05. The maximum Gasteiger partial charge on any atom is 0.327 e. The van der Waals surface area contributed by atoms with Crippen LogP contribution in [0.3, 0.4) is 0 Å². The van der Waals surface area contributed by atoms with Crippen molar-refractivity contribution >= 4 is 17.8 Å². The number of likely N-dealkylation sites (tertiary alicyclic amines) is 1. The van der Waals surface area contributed by atoms with Gasteiger partial charge in [-0.3, -0.25) is 14.5 Å². The lowest BCUT2D eigenvalue weighted by molar-refractivity contribution is -0.131. The van der Waals surface area contributed by atoms with Crippen LogP contribution < -0.4 is 0 Å². The number of carbonyl (C=O) groups excluding carboxylic acids is 3. The number of urea groups is 1. The van der Waals surface area contributed by atoms with E-state index in [1.165, 1.54) is 4.90 Å². The van der Waals surface area contributed by atoms with Crippen molar-refractivity contribution in [2.75, 3.05) is 20.2 Å². The van der Waals surface area contributed by atoms with Crippen LogP contribution in [0, 0.1) is 0 Å². The Hall–Kier alpha value is -1.63. The maximum atomic E-state index is 12.6. The summed E-state index contributed by atoms with van der Waals surface area (Å²) in [4.78, 5) is 42.0. The lowest BCUT2D eigenvalue weighted by atomic mass is 10.1. The highest BCUT2D eigenvalue weighted by Gasteiger charge is 2.54. The molecule has 0 aromatic carbocycles. The van der Waals surface area contributed by atoms with Gasteiger partial charge in [-0.15, -0.1) is 0 Å². The van der Waals surface area contributed by atoms with Gasteiger partial charge in [0.05, 0.1) is 12.1 Å². The van der Waals surface area contributed by atoms with Gasteiger partial charge < -0.3 is 14.5 Å².